The number of aliphatic hydroxyl groups is 1. The van der Waals surface area contributed by atoms with Crippen LogP contribution in [-0.4, -0.2) is 38.0 Å². The molecule has 0 aliphatic rings. The van der Waals surface area contributed by atoms with Crippen LogP contribution in [-0.2, 0) is 10.0 Å². The summed E-state index contributed by atoms with van der Waals surface area (Å²) in [5, 5.41) is 9.01. The zero-order valence-corrected chi connectivity index (χ0v) is 13.3. The number of anilines is 1. The van der Waals surface area contributed by atoms with E-state index in [1.54, 1.807) is 6.92 Å². The molecule has 0 spiro atoms. The number of unbranched alkanes of at least 4 members (excludes halogenated alkanes) is 2. The summed E-state index contributed by atoms with van der Waals surface area (Å²) >= 11 is 5.89. The van der Waals surface area contributed by atoms with Crippen LogP contribution in [0.2, 0.25) is 5.02 Å². The van der Waals surface area contributed by atoms with E-state index >= 15 is 0 Å². The van der Waals surface area contributed by atoms with Gasteiger partial charge in [-0.05, 0) is 43.9 Å². The Balaban J connectivity index is 2.93. The Kier molecular flexibility index (Phi) is 6.26. The van der Waals surface area contributed by atoms with Gasteiger partial charge in [0.2, 0.25) is 10.0 Å². The van der Waals surface area contributed by atoms with Crippen molar-refractivity contribution in [3.8, 4) is 0 Å². The van der Waals surface area contributed by atoms with Gasteiger partial charge in [-0.3, -0.25) is 0 Å². The fraction of sp³-hybridized carbons (Fsp3) is 0.538. The topological polar surface area (TPSA) is 83.6 Å². The number of rotatable bonds is 7. The Bertz CT molecular complexity index is 561. The Morgan fingerprint density at radius 2 is 1.95 bits per heavy atom. The third kappa shape index (κ3) is 4.09. The molecule has 20 heavy (non-hydrogen) atoms. The molecule has 0 fully saturated rings. The zero-order valence-electron chi connectivity index (χ0n) is 11.8. The minimum absolute atomic E-state index is 0.125. The molecule has 0 saturated heterocycles. The average molecular weight is 321 g/mol. The Morgan fingerprint density at radius 3 is 2.55 bits per heavy atom. The lowest BCUT2D eigenvalue weighted by Gasteiger charge is -2.19. The third-order valence-electron chi connectivity index (χ3n) is 3.18. The normalized spacial score (nSPS) is 12.1. The van der Waals surface area contributed by atoms with E-state index in [9.17, 15) is 8.42 Å². The molecule has 1 rings (SSSR count). The number of nitrogens with two attached hydrogens (primary N) is 1. The predicted octanol–water partition coefficient (Wildman–Crippen LogP) is 2.01. The number of hydrogen-bond acceptors (Lipinski definition) is 4. The van der Waals surface area contributed by atoms with Crippen LogP contribution in [0.3, 0.4) is 0 Å². The highest BCUT2D eigenvalue weighted by Gasteiger charge is 2.23. The quantitative estimate of drug-likeness (QED) is 0.594. The molecule has 7 heteroatoms. The van der Waals surface area contributed by atoms with Crippen molar-refractivity contribution >= 4 is 27.3 Å². The van der Waals surface area contributed by atoms with E-state index in [4.69, 9.17) is 22.4 Å². The number of aliphatic hydroxyl groups excluding tert-OH is 1. The summed E-state index contributed by atoms with van der Waals surface area (Å²) in [4.78, 5) is 0.146. The van der Waals surface area contributed by atoms with Gasteiger partial charge in [0.25, 0.3) is 0 Å². The van der Waals surface area contributed by atoms with Gasteiger partial charge in [0.1, 0.15) is 0 Å². The van der Waals surface area contributed by atoms with Crippen molar-refractivity contribution in [3.63, 3.8) is 0 Å². The molecule has 0 atom stereocenters. The maximum absolute atomic E-state index is 12.5. The standard InChI is InChI=1S/C13H21ClN2O3S/c1-10-12(15)8-11(14)9-13(10)20(18,19)16(2)6-4-3-5-7-17/h8-9,17H,3-7,15H2,1-2H3. The molecule has 0 aromatic heterocycles. The smallest absolute Gasteiger partial charge is 0.243 e. The summed E-state index contributed by atoms with van der Waals surface area (Å²) in [6, 6.07) is 2.96. The summed E-state index contributed by atoms with van der Waals surface area (Å²) in [5.41, 5.74) is 6.64. The van der Waals surface area contributed by atoms with Gasteiger partial charge in [-0.25, -0.2) is 12.7 Å². The van der Waals surface area contributed by atoms with Crippen molar-refractivity contribution < 1.29 is 13.5 Å². The zero-order chi connectivity index (χ0) is 15.3. The minimum Gasteiger partial charge on any atom is -0.398 e. The van der Waals surface area contributed by atoms with Gasteiger partial charge >= 0.3 is 0 Å². The van der Waals surface area contributed by atoms with Gasteiger partial charge in [-0.2, -0.15) is 0 Å². The van der Waals surface area contributed by atoms with Crippen LogP contribution < -0.4 is 5.73 Å². The van der Waals surface area contributed by atoms with Crippen LogP contribution in [0.5, 0.6) is 0 Å². The summed E-state index contributed by atoms with van der Waals surface area (Å²) in [6.07, 6.45) is 2.16. The lowest BCUT2D eigenvalue weighted by molar-refractivity contribution is 0.281. The van der Waals surface area contributed by atoms with Gasteiger partial charge in [0, 0.05) is 30.9 Å². The second-order valence-electron chi connectivity index (χ2n) is 4.73. The SMILES string of the molecule is Cc1c(N)cc(Cl)cc1S(=O)(=O)N(C)CCCCCO. The molecule has 5 nitrogen and oxygen atoms in total. The van der Waals surface area contributed by atoms with E-state index < -0.39 is 10.0 Å². The minimum atomic E-state index is -3.60. The van der Waals surface area contributed by atoms with Crippen molar-refractivity contribution in [2.75, 3.05) is 25.9 Å². The molecule has 114 valence electrons. The van der Waals surface area contributed by atoms with Gasteiger partial charge in [0.15, 0.2) is 0 Å². The first kappa shape index (κ1) is 17.2. The van der Waals surface area contributed by atoms with E-state index in [-0.39, 0.29) is 11.5 Å². The van der Waals surface area contributed by atoms with Crippen molar-refractivity contribution in [2.24, 2.45) is 0 Å². The molecule has 0 unspecified atom stereocenters. The maximum atomic E-state index is 12.5. The molecule has 0 heterocycles. The van der Waals surface area contributed by atoms with Crippen LogP contribution in [0.25, 0.3) is 0 Å². The number of sulfonamides is 1. The maximum Gasteiger partial charge on any atom is 0.243 e. The highest BCUT2D eigenvalue weighted by atomic mass is 35.5. The Morgan fingerprint density at radius 1 is 1.30 bits per heavy atom. The molecule has 1 aromatic carbocycles. The van der Waals surface area contributed by atoms with E-state index in [0.29, 0.717) is 35.7 Å². The van der Waals surface area contributed by atoms with Gasteiger partial charge < -0.3 is 10.8 Å². The van der Waals surface area contributed by atoms with E-state index in [1.807, 2.05) is 0 Å². The molecular formula is C13H21ClN2O3S. The van der Waals surface area contributed by atoms with Crippen molar-refractivity contribution in [1.29, 1.82) is 0 Å². The first-order valence-corrected chi connectivity index (χ1v) is 8.25. The van der Waals surface area contributed by atoms with E-state index in [0.717, 1.165) is 6.42 Å². The number of benzene rings is 1. The lowest BCUT2D eigenvalue weighted by atomic mass is 10.2. The number of nitrogen functional groups attached to an aromatic ring is 1. The summed E-state index contributed by atoms with van der Waals surface area (Å²) in [7, 11) is -2.06. The number of halogens is 1. The van der Waals surface area contributed by atoms with Crippen molar-refractivity contribution in [1.82, 2.24) is 4.31 Å². The van der Waals surface area contributed by atoms with Crippen molar-refractivity contribution in [2.45, 2.75) is 31.1 Å². The Hall–Kier alpha value is -0.820. The van der Waals surface area contributed by atoms with Crippen LogP contribution in [0.15, 0.2) is 17.0 Å². The molecule has 0 amide bonds. The first-order chi connectivity index (χ1) is 9.30. The van der Waals surface area contributed by atoms with Gasteiger partial charge in [-0.1, -0.05) is 11.6 Å². The fourth-order valence-electron chi connectivity index (χ4n) is 1.85. The highest BCUT2D eigenvalue weighted by molar-refractivity contribution is 7.89. The largest absolute Gasteiger partial charge is 0.398 e. The fourth-order valence-corrected chi connectivity index (χ4v) is 3.63. The predicted molar refractivity (Wildman–Crippen MR) is 81.4 cm³/mol. The van der Waals surface area contributed by atoms with Gasteiger partial charge in [0.05, 0.1) is 4.90 Å². The molecule has 0 radical (unpaired) electrons. The summed E-state index contributed by atoms with van der Waals surface area (Å²) in [5.74, 6) is 0. The number of hydrogen-bond donors (Lipinski definition) is 2. The summed E-state index contributed by atoms with van der Waals surface area (Å²) in [6.45, 7) is 2.19. The highest BCUT2D eigenvalue weighted by Crippen LogP contribution is 2.27. The van der Waals surface area contributed by atoms with Crippen LogP contribution in [0, 0.1) is 6.92 Å². The lowest BCUT2D eigenvalue weighted by Crippen LogP contribution is -2.28. The Labute approximate surface area is 125 Å². The second-order valence-corrected chi connectivity index (χ2v) is 7.18. The molecule has 0 aliphatic heterocycles. The van der Waals surface area contributed by atoms with E-state index in [1.165, 1.54) is 23.5 Å². The molecule has 0 aliphatic carbocycles. The van der Waals surface area contributed by atoms with Crippen molar-refractivity contribution in [3.05, 3.63) is 22.7 Å². The van der Waals surface area contributed by atoms with Crippen LogP contribution in [0.4, 0.5) is 5.69 Å². The van der Waals surface area contributed by atoms with Crippen LogP contribution >= 0.6 is 11.6 Å². The monoisotopic (exact) mass is 320 g/mol. The third-order valence-corrected chi connectivity index (χ3v) is 5.39. The van der Waals surface area contributed by atoms with Gasteiger partial charge in [-0.15, -0.1) is 0 Å². The summed E-state index contributed by atoms with van der Waals surface area (Å²) < 4.78 is 26.3. The molecule has 0 saturated carbocycles. The molecule has 3 N–H and O–H groups in total. The molecule has 0 bridgehead atoms. The number of nitrogens with zero attached hydrogens (tertiary/aromatic N) is 1. The van der Waals surface area contributed by atoms with E-state index in [2.05, 4.69) is 0 Å². The van der Waals surface area contributed by atoms with Crippen LogP contribution in [0.1, 0.15) is 24.8 Å². The first-order valence-electron chi connectivity index (χ1n) is 6.43. The molecule has 1 aromatic rings. The molecular weight excluding hydrogens is 300 g/mol. The second kappa shape index (κ2) is 7.26. The average Bonchev–Trinajstić information content (AvgIpc) is 2.38.